The first kappa shape index (κ1) is 3.83. The minimum absolute atomic E-state index is 0.366. The van der Waals surface area contributed by atoms with Crippen molar-refractivity contribution in [3.8, 4) is 0 Å². The molecule has 2 saturated heterocycles. The molecule has 7 heavy (non-hydrogen) atoms. The van der Waals surface area contributed by atoms with Gasteiger partial charge in [-0.15, -0.1) is 0 Å². The average Bonchev–Trinajstić information content (AvgIpc) is 2.22. The highest BCUT2D eigenvalue weighted by molar-refractivity contribution is 4.68. The van der Waals surface area contributed by atoms with E-state index in [9.17, 15) is 0 Å². The topological polar surface area (TPSA) is 37.9 Å². The molecule has 0 aromatic carbocycles. The Morgan fingerprint density at radius 3 is 2.86 bits per heavy atom. The second-order valence-corrected chi connectivity index (χ2v) is 2.04. The van der Waals surface area contributed by atoms with E-state index in [1.807, 2.05) is 0 Å². The Morgan fingerprint density at radius 2 is 2.71 bits per heavy atom. The summed E-state index contributed by atoms with van der Waals surface area (Å²) in [4.78, 5) is 0. The molecule has 2 aliphatic rings. The molecule has 0 aromatic rings. The van der Waals surface area contributed by atoms with Crippen molar-refractivity contribution >= 4 is 0 Å². The van der Waals surface area contributed by atoms with E-state index >= 15 is 0 Å². The number of piperazine rings is 1. The van der Waals surface area contributed by atoms with Crippen molar-refractivity contribution < 1.29 is 10.1 Å². The van der Waals surface area contributed by atoms with Crippen molar-refractivity contribution in [1.29, 1.82) is 0 Å². The highest BCUT2D eigenvalue weighted by atomic mass is 16.5. The van der Waals surface area contributed by atoms with Gasteiger partial charge in [0.05, 0.1) is 6.54 Å². The SMILES string of the molecule is C1[NH2+]C2CNC1O2. The quantitative estimate of drug-likeness (QED) is 0.364. The maximum Gasteiger partial charge on any atom is 0.205 e. The Balaban J connectivity index is 2.12. The molecule has 2 unspecified atom stereocenters. The van der Waals surface area contributed by atoms with E-state index in [2.05, 4.69) is 10.6 Å². The summed E-state index contributed by atoms with van der Waals surface area (Å²) in [5.74, 6) is 0. The zero-order valence-electron chi connectivity index (χ0n) is 4.05. The summed E-state index contributed by atoms with van der Waals surface area (Å²) >= 11 is 0. The van der Waals surface area contributed by atoms with Crippen molar-refractivity contribution in [2.45, 2.75) is 12.5 Å². The number of rotatable bonds is 0. The van der Waals surface area contributed by atoms with E-state index in [1.165, 1.54) is 0 Å². The van der Waals surface area contributed by atoms with Gasteiger partial charge in [-0.3, -0.25) is 5.32 Å². The van der Waals surface area contributed by atoms with Gasteiger partial charge in [-0.25, -0.2) is 0 Å². The lowest BCUT2D eigenvalue weighted by atomic mass is 10.4. The number of nitrogens with one attached hydrogen (secondary N) is 1. The molecule has 2 heterocycles. The minimum Gasteiger partial charge on any atom is -0.317 e. The molecule has 0 radical (unpaired) electrons. The maximum absolute atomic E-state index is 5.31. The van der Waals surface area contributed by atoms with Gasteiger partial charge in [-0.2, -0.15) is 0 Å². The van der Waals surface area contributed by atoms with E-state index in [4.69, 9.17) is 4.74 Å². The van der Waals surface area contributed by atoms with Crippen LogP contribution in [0.15, 0.2) is 0 Å². The normalized spacial score (nSPS) is 48.0. The largest absolute Gasteiger partial charge is 0.317 e. The third-order valence-electron chi connectivity index (χ3n) is 1.50. The van der Waals surface area contributed by atoms with Crippen LogP contribution in [-0.4, -0.2) is 25.5 Å². The van der Waals surface area contributed by atoms with Crippen LogP contribution in [0.2, 0.25) is 0 Å². The monoisotopic (exact) mass is 101 g/mol. The third-order valence-corrected chi connectivity index (χ3v) is 1.50. The number of hydrogen-bond acceptors (Lipinski definition) is 2. The molecule has 0 aromatic heterocycles. The lowest BCUT2D eigenvalue weighted by molar-refractivity contribution is -0.690. The zero-order valence-corrected chi connectivity index (χ0v) is 4.05. The van der Waals surface area contributed by atoms with Gasteiger partial charge in [-0.05, 0) is 0 Å². The number of ether oxygens (including phenoxy) is 1. The molecule has 3 N–H and O–H groups in total. The summed E-state index contributed by atoms with van der Waals surface area (Å²) in [6.07, 6.45) is 0.801. The van der Waals surface area contributed by atoms with Crippen LogP contribution in [0.1, 0.15) is 0 Å². The molecule has 2 rings (SSSR count). The van der Waals surface area contributed by atoms with Crippen LogP contribution in [-0.2, 0) is 4.74 Å². The van der Waals surface area contributed by atoms with Crippen molar-refractivity contribution in [3.05, 3.63) is 0 Å². The number of nitrogens with two attached hydrogens (primary N) is 1. The first-order valence-corrected chi connectivity index (χ1v) is 2.67. The number of quaternary nitrogens is 1. The summed E-state index contributed by atoms with van der Waals surface area (Å²) in [7, 11) is 0. The maximum atomic E-state index is 5.31. The van der Waals surface area contributed by atoms with Crippen LogP contribution >= 0.6 is 0 Å². The fourth-order valence-corrected chi connectivity index (χ4v) is 1.11. The smallest absolute Gasteiger partial charge is 0.205 e. The van der Waals surface area contributed by atoms with Gasteiger partial charge in [0.15, 0.2) is 6.23 Å². The summed E-state index contributed by atoms with van der Waals surface area (Å²) in [6, 6.07) is 0. The average molecular weight is 101 g/mol. The summed E-state index contributed by atoms with van der Waals surface area (Å²) in [5, 5.41) is 5.43. The van der Waals surface area contributed by atoms with Gasteiger partial charge in [0.1, 0.15) is 6.54 Å². The highest BCUT2D eigenvalue weighted by Gasteiger charge is 2.34. The van der Waals surface area contributed by atoms with Crippen molar-refractivity contribution in [2.24, 2.45) is 0 Å². The van der Waals surface area contributed by atoms with Gasteiger partial charge in [-0.1, -0.05) is 0 Å². The predicted molar refractivity (Wildman–Crippen MR) is 23.5 cm³/mol. The van der Waals surface area contributed by atoms with E-state index < -0.39 is 0 Å². The molecule has 40 valence electrons. The molecular weight excluding hydrogens is 92.1 g/mol. The first-order valence-electron chi connectivity index (χ1n) is 2.67. The minimum atomic E-state index is 0.366. The van der Waals surface area contributed by atoms with Crippen LogP contribution in [0, 0.1) is 0 Å². The van der Waals surface area contributed by atoms with Crippen molar-refractivity contribution in [1.82, 2.24) is 5.32 Å². The van der Waals surface area contributed by atoms with Gasteiger partial charge in [0.25, 0.3) is 0 Å². The standard InChI is InChI=1S/C4H8N2O/c1-3-6-2-4(5-1)7-3/h3-6H,1-2H2/p+1. The zero-order chi connectivity index (χ0) is 4.69. The summed E-state index contributed by atoms with van der Waals surface area (Å²) in [6.45, 7) is 2.13. The molecule has 3 heteroatoms. The van der Waals surface area contributed by atoms with E-state index in [0.717, 1.165) is 13.1 Å². The first-order chi connectivity index (χ1) is 3.45. The van der Waals surface area contributed by atoms with E-state index in [-0.39, 0.29) is 0 Å². The van der Waals surface area contributed by atoms with Crippen molar-refractivity contribution in [3.63, 3.8) is 0 Å². The second kappa shape index (κ2) is 1.18. The number of fused-ring (bicyclic) bond motifs is 2. The van der Waals surface area contributed by atoms with Gasteiger partial charge in [0, 0.05) is 0 Å². The molecule has 2 fully saturated rings. The molecule has 0 spiro atoms. The van der Waals surface area contributed by atoms with E-state index in [1.54, 1.807) is 0 Å². The lowest BCUT2D eigenvalue weighted by Crippen LogP contribution is -2.90. The van der Waals surface area contributed by atoms with Crippen LogP contribution < -0.4 is 10.6 Å². The predicted octanol–water partition coefficient (Wildman–Crippen LogP) is -2.16. The summed E-state index contributed by atoms with van der Waals surface area (Å²) in [5.41, 5.74) is 0. The Labute approximate surface area is 42.0 Å². The Bertz CT molecular complexity index is 67.8. The summed E-state index contributed by atoms with van der Waals surface area (Å²) < 4.78 is 5.31. The van der Waals surface area contributed by atoms with Gasteiger partial charge in [0.2, 0.25) is 6.23 Å². The fourth-order valence-electron chi connectivity index (χ4n) is 1.11. The Hall–Kier alpha value is -0.120. The molecule has 2 atom stereocenters. The lowest BCUT2D eigenvalue weighted by Gasteiger charge is -2.02. The molecular formula is C4H9N2O+. The second-order valence-electron chi connectivity index (χ2n) is 2.04. The molecule has 0 amide bonds. The number of hydrogen-bond donors (Lipinski definition) is 2. The van der Waals surface area contributed by atoms with Gasteiger partial charge >= 0.3 is 0 Å². The molecule has 3 nitrogen and oxygen atoms in total. The van der Waals surface area contributed by atoms with Crippen LogP contribution in [0.5, 0.6) is 0 Å². The van der Waals surface area contributed by atoms with Crippen LogP contribution in [0.3, 0.4) is 0 Å². The van der Waals surface area contributed by atoms with Gasteiger partial charge < -0.3 is 10.1 Å². The molecule has 2 bridgehead atoms. The molecule has 2 aliphatic heterocycles. The van der Waals surface area contributed by atoms with Crippen LogP contribution in [0.25, 0.3) is 0 Å². The Kier molecular flexibility index (Phi) is 0.647. The molecule has 0 aliphatic carbocycles. The third kappa shape index (κ3) is 0.459. The van der Waals surface area contributed by atoms with Crippen LogP contribution in [0.4, 0.5) is 0 Å². The highest BCUT2D eigenvalue weighted by Crippen LogP contribution is 2.00. The Morgan fingerprint density at radius 1 is 1.71 bits per heavy atom. The molecule has 0 saturated carbocycles. The van der Waals surface area contributed by atoms with E-state index in [0.29, 0.717) is 12.5 Å². The fraction of sp³-hybridized carbons (Fsp3) is 1.00. The van der Waals surface area contributed by atoms with Crippen molar-refractivity contribution in [2.75, 3.05) is 13.1 Å².